The van der Waals surface area contributed by atoms with Gasteiger partial charge in [0.2, 0.25) is 11.8 Å². The Morgan fingerprint density at radius 3 is 3.00 bits per heavy atom. The van der Waals surface area contributed by atoms with Gasteiger partial charge in [-0.3, -0.25) is 5.10 Å². The van der Waals surface area contributed by atoms with Crippen molar-refractivity contribution in [2.24, 2.45) is 5.73 Å². The van der Waals surface area contributed by atoms with Gasteiger partial charge in [0.25, 0.3) is 0 Å². The predicted octanol–water partition coefficient (Wildman–Crippen LogP) is 2.33. The summed E-state index contributed by atoms with van der Waals surface area (Å²) in [6.45, 7) is 1.96. The molecule has 0 saturated carbocycles. The van der Waals surface area contributed by atoms with Crippen LogP contribution in [0.4, 0.5) is 4.39 Å². The van der Waals surface area contributed by atoms with Crippen LogP contribution in [0.5, 0.6) is 5.88 Å². The third-order valence-corrected chi connectivity index (χ3v) is 3.55. The molecule has 1 aromatic heterocycles. The van der Waals surface area contributed by atoms with E-state index in [4.69, 9.17) is 10.5 Å². The van der Waals surface area contributed by atoms with Crippen molar-refractivity contribution in [1.29, 1.82) is 5.26 Å². The van der Waals surface area contributed by atoms with Crippen LogP contribution in [-0.2, 0) is 6.42 Å². The first-order valence-electron chi connectivity index (χ1n) is 6.55. The summed E-state index contributed by atoms with van der Waals surface area (Å²) in [4.78, 5) is 0. The Bertz CT molecular complexity index is 772. The van der Waals surface area contributed by atoms with Crippen LogP contribution in [0, 0.1) is 17.1 Å². The lowest BCUT2D eigenvalue weighted by Crippen LogP contribution is -2.21. The van der Waals surface area contributed by atoms with Crippen LogP contribution in [0.3, 0.4) is 0 Å². The summed E-state index contributed by atoms with van der Waals surface area (Å²) >= 11 is 0. The third-order valence-electron chi connectivity index (χ3n) is 3.55. The lowest BCUT2D eigenvalue weighted by molar-refractivity contribution is 0.378. The van der Waals surface area contributed by atoms with E-state index in [1.807, 2.05) is 6.92 Å². The Morgan fingerprint density at radius 1 is 1.52 bits per heavy atom. The molecule has 5 nitrogen and oxygen atoms in total. The monoisotopic (exact) mass is 284 g/mol. The molecule has 2 heterocycles. The molecule has 1 aliphatic heterocycles. The second kappa shape index (κ2) is 4.94. The fourth-order valence-electron chi connectivity index (χ4n) is 2.60. The third kappa shape index (κ3) is 2.03. The second-order valence-electron chi connectivity index (χ2n) is 4.75. The number of aromatic amines is 1. The van der Waals surface area contributed by atoms with Gasteiger partial charge in [0.05, 0.1) is 5.92 Å². The number of halogens is 1. The van der Waals surface area contributed by atoms with E-state index >= 15 is 0 Å². The van der Waals surface area contributed by atoms with E-state index < -0.39 is 5.92 Å². The number of rotatable bonds is 2. The Hall–Kier alpha value is -2.81. The fraction of sp³-hybridized carbons (Fsp3) is 0.200. The summed E-state index contributed by atoms with van der Waals surface area (Å²) in [7, 11) is 0. The molecule has 0 amide bonds. The SMILES string of the molecule is CCc1[nH]nc2c1[C@@H](c1cccc(F)c1)C(C#N)=C(N)O2. The highest BCUT2D eigenvalue weighted by atomic mass is 19.1. The smallest absolute Gasteiger partial charge is 0.244 e. The van der Waals surface area contributed by atoms with E-state index in [-0.39, 0.29) is 17.3 Å². The standard InChI is InChI=1S/C15H13FN4O/c1-2-11-13-12(8-4-3-5-9(16)6-8)10(7-17)14(18)21-15(13)20-19-11/h3-6,12H,2,18H2,1H3,(H,19,20)/t12-/m0/s1. The van der Waals surface area contributed by atoms with Gasteiger partial charge in [0, 0.05) is 11.3 Å². The number of benzene rings is 1. The largest absolute Gasteiger partial charge is 0.420 e. The quantitative estimate of drug-likeness (QED) is 0.886. The number of ether oxygens (including phenoxy) is 1. The Kier molecular flexibility index (Phi) is 3.10. The maximum Gasteiger partial charge on any atom is 0.244 e. The highest BCUT2D eigenvalue weighted by Gasteiger charge is 2.34. The number of aryl methyl sites for hydroxylation is 1. The first kappa shape index (κ1) is 13.2. The van der Waals surface area contributed by atoms with E-state index in [1.54, 1.807) is 12.1 Å². The van der Waals surface area contributed by atoms with Gasteiger partial charge >= 0.3 is 0 Å². The molecule has 0 unspecified atom stereocenters. The van der Waals surface area contributed by atoms with Gasteiger partial charge in [-0.1, -0.05) is 19.1 Å². The summed E-state index contributed by atoms with van der Waals surface area (Å²) in [6.07, 6.45) is 0.691. The summed E-state index contributed by atoms with van der Waals surface area (Å²) in [5, 5.41) is 16.4. The number of allylic oxidation sites excluding steroid dienone is 1. The van der Waals surface area contributed by atoms with Crippen LogP contribution in [0.1, 0.15) is 29.7 Å². The molecular weight excluding hydrogens is 271 g/mol. The molecule has 0 saturated heterocycles. The van der Waals surface area contributed by atoms with Crippen molar-refractivity contribution < 1.29 is 9.13 Å². The van der Waals surface area contributed by atoms with Crippen molar-refractivity contribution in [1.82, 2.24) is 10.2 Å². The van der Waals surface area contributed by atoms with Gasteiger partial charge in [-0.15, -0.1) is 5.10 Å². The van der Waals surface area contributed by atoms with Gasteiger partial charge in [-0.2, -0.15) is 5.26 Å². The molecular formula is C15H13FN4O. The van der Waals surface area contributed by atoms with E-state index in [1.165, 1.54) is 12.1 Å². The molecule has 0 radical (unpaired) electrons. The van der Waals surface area contributed by atoms with Gasteiger partial charge in [0.1, 0.15) is 17.5 Å². The number of hydrogen-bond acceptors (Lipinski definition) is 4. The highest BCUT2D eigenvalue weighted by Crippen LogP contribution is 2.42. The zero-order chi connectivity index (χ0) is 15.0. The van der Waals surface area contributed by atoms with Crippen LogP contribution in [0.15, 0.2) is 35.7 Å². The normalized spacial score (nSPS) is 17.1. The zero-order valence-corrected chi connectivity index (χ0v) is 11.4. The zero-order valence-electron chi connectivity index (χ0n) is 11.4. The highest BCUT2D eigenvalue weighted by molar-refractivity contribution is 5.55. The Balaban J connectivity index is 2.25. The van der Waals surface area contributed by atoms with Gasteiger partial charge in [0.15, 0.2) is 0 Å². The number of nitrogens with zero attached hydrogens (tertiary/aromatic N) is 2. The molecule has 0 fully saturated rings. The molecule has 2 aromatic rings. The molecule has 6 heteroatoms. The van der Waals surface area contributed by atoms with Crippen molar-refractivity contribution in [3.8, 4) is 11.9 Å². The second-order valence-corrected chi connectivity index (χ2v) is 4.75. The number of nitriles is 1. The first-order valence-corrected chi connectivity index (χ1v) is 6.55. The van der Waals surface area contributed by atoms with Gasteiger partial charge < -0.3 is 10.5 Å². The average molecular weight is 284 g/mol. The molecule has 0 spiro atoms. The molecule has 106 valence electrons. The van der Waals surface area contributed by atoms with Crippen molar-refractivity contribution in [3.05, 3.63) is 58.4 Å². The Morgan fingerprint density at radius 2 is 2.33 bits per heavy atom. The van der Waals surface area contributed by atoms with E-state index in [0.717, 1.165) is 11.3 Å². The molecule has 1 aromatic carbocycles. The molecule has 0 bridgehead atoms. The number of nitrogens with one attached hydrogen (secondary N) is 1. The van der Waals surface area contributed by atoms with Crippen LogP contribution < -0.4 is 10.5 Å². The topological polar surface area (TPSA) is 87.7 Å². The van der Waals surface area contributed by atoms with Crippen LogP contribution in [0.25, 0.3) is 0 Å². The van der Waals surface area contributed by atoms with Crippen LogP contribution >= 0.6 is 0 Å². The number of nitrogens with two attached hydrogens (primary N) is 1. The van der Waals surface area contributed by atoms with Crippen LogP contribution in [0.2, 0.25) is 0 Å². The predicted molar refractivity (Wildman–Crippen MR) is 73.7 cm³/mol. The minimum atomic E-state index is -0.469. The average Bonchev–Trinajstić information content (AvgIpc) is 2.88. The lowest BCUT2D eigenvalue weighted by atomic mass is 9.83. The summed E-state index contributed by atoms with van der Waals surface area (Å²) in [5.74, 6) is -0.480. The summed E-state index contributed by atoms with van der Waals surface area (Å²) in [6, 6.07) is 8.20. The minimum absolute atomic E-state index is 0.00779. The number of aromatic nitrogens is 2. The number of fused-ring (bicyclic) bond motifs is 1. The molecule has 3 rings (SSSR count). The van der Waals surface area contributed by atoms with Crippen LogP contribution in [-0.4, -0.2) is 10.2 Å². The minimum Gasteiger partial charge on any atom is -0.420 e. The first-order chi connectivity index (χ1) is 10.2. The van der Waals surface area contributed by atoms with Crippen molar-refractivity contribution in [2.75, 3.05) is 0 Å². The summed E-state index contributed by atoms with van der Waals surface area (Å²) in [5.41, 5.74) is 8.32. The molecule has 1 aliphatic rings. The van der Waals surface area contributed by atoms with Crippen molar-refractivity contribution in [3.63, 3.8) is 0 Å². The van der Waals surface area contributed by atoms with Crippen molar-refractivity contribution in [2.45, 2.75) is 19.3 Å². The molecule has 0 aliphatic carbocycles. The lowest BCUT2D eigenvalue weighted by Gasteiger charge is -2.23. The summed E-state index contributed by atoms with van der Waals surface area (Å²) < 4.78 is 18.9. The Labute approximate surface area is 120 Å². The van der Waals surface area contributed by atoms with E-state index in [0.29, 0.717) is 17.9 Å². The molecule has 1 atom stereocenters. The molecule has 21 heavy (non-hydrogen) atoms. The number of H-pyrrole nitrogens is 1. The number of hydrogen-bond donors (Lipinski definition) is 2. The van der Waals surface area contributed by atoms with E-state index in [2.05, 4.69) is 16.3 Å². The maximum atomic E-state index is 13.5. The fourth-order valence-corrected chi connectivity index (χ4v) is 2.60. The van der Waals surface area contributed by atoms with E-state index in [9.17, 15) is 9.65 Å². The van der Waals surface area contributed by atoms with Gasteiger partial charge in [-0.05, 0) is 24.1 Å². The molecule has 3 N–H and O–H groups in total. The maximum absolute atomic E-state index is 13.5. The van der Waals surface area contributed by atoms with Crippen molar-refractivity contribution >= 4 is 0 Å². The van der Waals surface area contributed by atoms with Gasteiger partial charge in [-0.25, -0.2) is 4.39 Å².